The molecule has 0 aromatic rings. The Hall–Kier alpha value is -1.31. The van der Waals surface area contributed by atoms with E-state index in [1.165, 1.54) is 0 Å². The third-order valence-electron chi connectivity index (χ3n) is 1.67. The summed E-state index contributed by atoms with van der Waals surface area (Å²) in [5.74, 6) is 0.426. The first-order chi connectivity index (χ1) is 6.97. The van der Waals surface area contributed by atoms with Gasteiger partial charge in [-0.1, -0.05) is 44.2 Å². The van der Waals surface area contributed by atoms with E-state index in [0.717, 1.165) is 5.57 Å². The molecule has 15 heavy (non-hydrogen) atoms. The molecule has 0 aliphatic rings. The van der Waals surface area contributed by atoms with Crippen molar-refractivity contribution in [2.45, 2.75) is 27.7 Å². The first-order valence-corrected chi connectivity index (χ1v) is 5.23. The summed E-state index contributed by atoms with van der Waals surface area (Å²) in [7, 11) is 0. The lowest BCUT2D eigenvalue weighted by Gasteiger charge is -2.08. The Morgan fingerprint density at radius 3 is 2.40 bits per heavy atom. The number of carbonyl (C=O) groups is 1. The maximum absolute atomic E-state index is 11.7. The van der Waals surface area contributed by atoms with Gasteiger partial charge in [0.1, 0.15) is 0 Å². The van der Waals surface area contributed by atoms with E-state index in [0.29, 0.717) is 18.0 Å². The summed E-state index contributed by atoms with van der Waals surface area (Å²) in [6.07, 6.45) is 5.21. The SMILES string of the molecule is C=C/C=C(\C=C(C)C)C(=O)NCC(C)C. The number of carbonyl (C=O) groups excluding carboxylic acids is 1. The molecule has 0 unspecified atom stereocenters. The number of allylic oxidation sites excluding steroid dienone is 3. The monoisotopic (exact) mass is 207 g/mol. The molecule has 84 valence electrons. The summed E-state index contributed by atoms with van der Waals surface area (Å²) < 4.78 is 0. The molecule has 2 nitrogen and oxygen atoms in total. The molecule has 0 atom stereocenters. The number of hydrogen-bond acceptors (Lipinski definition) is 1. The molecule has 0 aliphatic heterocycles. The molecule has 2 heteroatoms. The Bertz CT molecular complexity index is 281. The molecule has 0 fully saturated rings. The van der Waals surface area contributed by atoms with Crippen molar-refractivity contribution in [3.05, 3.63) is 36.0 Å². The second kappa shape index (κ2) is 7.04. The first-order valence-electron chi connectivity index (χ1n) is 5.23. The smallest absolute Gasteiger partial charge is 0.251 e. The molecule has 0 heterocycles. The van der Waals surface area contributed by atoms with Crippen molar-refractivity contribution in [2.24, 2.45) is 5.92 Å². The van der Waals surface area contributed by atoms with Crippen LogP contribution < -0.4 is 5.32 Å². The summed E-state index contributed by atoms with van der Waals surface area (Å²) in [6.45, 7) is 12.4. The predicted octanol–water partition coefficient (Wildman–Crippen LogP) is 2.84. The fourth-order valence-corrected chi connectivity index (χ4v) is 1.03. The molecule has 1 amide bonds. The Morgan fingerprint density at radius 1 is 1.40 bits per heavy atom. The van der Waals surface area contributed by atoms with Crippen LogP contribution in [0.5, 0.6) is 0 Å². The molecule has 0 spiro atoms. The first kappa shape index (κ1) is 13.7. The zero-order valence-corrected chi connectivity index (χ0v) is 10.1. The summed E-state index contributed by atoms with van der Waals surface area (Å²) in [5, 5.41) is 2.87. The molecule has 0 radical (unpaired) electrons. The van der Waals surface area contributed by atoms with Gasteiger partial charge in [0.05, 0.1) is 0 Å². The standard InChI is InChI=1S/C13H21NO/c1-6-7-12(8-10(2)3)13(15)14-9-11(4)5/h6-8,11H,1,9H2,2-5H3,(H,14,15)/b12-7+. The molecular weight excluding hydrogens is 186 g/mol. The molecule has 0 aromatic heterocycles. The maximum Gasteiger partial charge on any atom is 0.251 e. The lowest BCUT2D eigenvalue weighted by Crippen LogP contribution is -2.28. The summed E-state index contributed by atoms with van der Waals surface area (Å²) in [6, 6.07) is 0. The minimum atomic E-state index is -0.0372. The highest BCUT2D eigenvalue weighted by Gasteiger charge is 2.05. The second-order valence-corrected chi connectivity index (χ2v) is 4.18. The van der Waals surface area contributed by atoms with Crippen molar-refractivity contribution in [3.8, 4) is 0 Å². The van der Waals surface area contributed by atoms with Gasteiger partial charge in [-0.15, -0.1) is 0 Å². The van der Waals surface area contributed by atoms with E-state index in [2.05, 4.69) is 25.7 Å². The number of rotatable bonds is 5. The number of hydrogen-bond donors (Lipinski definition) is 1. The van der Waals surface area contributed by atoms with Gasteiger partial charge in [-0.05, 0) is 19.8 Å². The fourth-order valence-electron chi connectivity index (χ4n) is 1.03. The van der Waals surface area contributed by atoms with Crippen LogP contribution in [0.3, 0.4) is 0 Å². The molecule has 0 rings (SSSR count). The highest BCUT2D eigenvalue weighted by Crippen LogP contribution is 2.03. The average Bonchev–Trinajstić information content (AvgIpc) is 2.12. The van der Waals surface area contributed by atoms with Crippen LogP contribution >= 0.6 is 0 Å². The second-order valence-electron chi connectivity index (χ2n) is 4.18. The molecule has 0 saturated carbocycles. The van der Waals surface area contributed by atoms with Gasteiger partial charge in [0.2, 0.25) is 0 Å². The van der Waals surface area contributed by atoms with Crippen molar-refractivity contribution in [1.82, 2.24) is 5.32 Å². The third-order valence-corrected chi connectivity index (χ3v) is 1.67. The minimum absolute atomic E-state index is 0.0372. The van der Waals surface area contributed by atoms with Crippen LogP contribution in [0, 0.1) is 5.92 Å². The maximum atomic E-state index is 11.7. The quantitative estimate of drug-likeness (QED) is 0.545. The van der Waals surface area contributed by atoms with E-state index in [1.54, 1.807) is 12.2 Å². The van der Waals surface area contributed by atoms with E-state index in [1.807, 2.05) is 19.9 Å². The third kappa shape index (κ3) is 6.72. The average molecular weight is 207 g/mol. The van der Waals surface area contributed by atoms with Gasteiger partial charge >= 0.3 is 0 Å². The van der Waals surface area contributed by atoms with Gasteiger partial charge in [-0.3, -0.25) is 4.79 Å². The molecule has 0 aromatic carbocycles. The van der Waals surface area contributed by atoms with Gasteiger partial charge in [0, 0.05) is 12.1 Å². The largest absolute Gasteiger partial charge is 0.352 e. The van der Waals surface area contributed by atoms with E-state index >= 15 is 0 Å². The van der Waals surface area contributed by atoms with E-state index in [4.69, 9.17) is 0 Å². The van der Waals surface area contributed by atoms with Crippen molar-refractivity contribution < 1.29 is 4.79 Å². The van der Waals surface area contributed by atoms with Crippen LogP contribution in [-0.4, -0.2) is 12.5 Å². The summed E-state index contributed by atoms with van der Waals surface area (Å²) >= 11 is 0. The highest BCUT2D eigenvalue weighted by atomic mass is 16.1. The summed E-state index contributed by atoms with van der Waals surface area (Å²) in [5.41, 5.74) is 1.76. The molecule has 0 saturated heterocycles. The van der Waals surface area contributed by atoms with Crippen molar-refractivity contribution in [1.29, 1.82) is 0 Å². The Balaban J connectivity index is 4.51. The van der Waals surface area contributed by atoms with Gasteiger partial charge in [0.25, 0.3) is 5.91 Å². The molecule has 1 N–H and O–H groups in total. The lowest BCUT2D eigenvalue weighted by molar-refractivity contribution is -0.117. The summed E-state index contributed by atoms with van der Waals surface area (Å²) in [4.78, 5) is 11.7. The minimum Gasteiger partial charge on any atom is -0.352 e. The molecule has 0 bridgehead atoms. The van der Waals surface area contributed by atoms with Crippen LogP contribution in [0.2, 0.25) is 0 Å². The van der Waals surface area contributed by atoms with Crippen LogP contribution in [-0.2, 0) is 4.79 Å². The lowest BCUT2D eigenvalue weighted by atomic mass is 10.1. The van der Waals surface area contributed by atoms with Gasteiger partial charge < -0.3 is 5.32 Å². The molecular formula is C13H21NO. The van der Waals surface area contributed by atoms with E-state index in [9.17, 15) is 4.79 Å². The van der Waals surface area contributed by atoms with Crippen LogP contribution in [0.15, 0.2) is 36.0 Å². The number of amides is 1. The van der Waals surface area contributed by atoms with Gasteiger partial charge in [0.15, 0.2) is 0 Å². The highest BCUT2D eigenvalue weighted by molar-refractivity contribution is 5.96. The van der Waals surface area contributed by atoms with Crippen LogP contribution in [0.1, 0.15) is 27.7 Å². The topological polar surface area (TPSA) is 29.1 Å². The Morgan fingerprint density at radius 2 is 2.00 bits per heavy atom. The molecule has 0 aliphatic carbocycles. The van der Waals surface area contributed by atoms with Crippen LogP contribution in [0.25, 0.3) is 0 Å². The Kier molecular flexibility index (Phi) is 6.43. The van der Waals surface area contributed by atoms with Crippen molar-refractivity contribution >= 4 is 5.91 Å². The van der Waals surface area contributed by atoms with Gasteiger partial charge in [-0.2, -0.15) is 0 Å². The number of nitrogens with one attached hydrogen (secondary N) is 1. The Labute approximate surface area is 92.8 Å². The zero-order chi connectivity index (χ0) is 11.8. The normalized spacial score (nSPS) is 11.1. The fraction of sp³-hybridized carbons (Fsp3) is 0.462. The van der Waals surface area contributed by atoms with Crippen LogP contribution in [0.4, 0.5) is 0 Å². The predicted molar refractivity (Wildman–Crippen MR) is 65.6 cm³/mol. The van der Waals surface area contributed by atoms with Crippen molar-refractivity contribution in [3.63, 3.8) is 0 Å². The zero-order valence-electron chi connectivity index (χ0n) is 10.1. The van der Waals surface area contributed by atoms with Crippen molar-refractivity contribution in [2.75, 3.05) is 6.54 Å². The van der Waals surface area contributed by atoms with E-state index in [-0.39, 0.29) is 5.91 Å². The van der Waals surface area contributed by atoms with Gasteiger partial charge in [-0.25, -0.2) is 0 Å². The van der Waals surface area contributed by atoms with E-state index < -0.39 is 0 Å².